The summed E-state index contributed by atoms with van der Waals surface area (Å²) in [7, 11) is 0. The maximum atomic E-state index is 2.45. The molecule has 0 unspecified atom stereocenters. The fraction of sp³-hybridized carbons (Fsp3) is 0.0513. The lowest BCUT2D eigenvalue weighted by Crippen LogP contribution is -3.00. The smallest absolute Gasteiger partial charge is 0.244 e. The Morgan fingerprint density at radius 1 is 0.405 bits per heavy atom. The number of halogens is 1. The standard InChI is InChI=1S/C39H31N2.ClH/c1-5-15-30(16-6-1)34-23-13-24-35(31-17-7-2-8-18-31)38(34)40-27-28-41(29-40)39-36(32-19-9-3-10-20-32)25-14-26-37(39)33-21-11-4-12-22-33;/h1-26,29H,27-28H2;1H/q+1;/p-1. The van der Waals surface area contributed by atoms with Crippen molar-refractivity contribution in [2.45, 2.75) is 0 Å². The first-order valence-corrected chi connectivity index (χ1v) is 14.2. The van der Waals surface area contributed by atoms with Gasteiger partial charge in [0, 0.05) is 22.3 Å². The third-order valence-electron chi connectivity index (χ3n) is 7.85. The van der Waals surface area contributed by atoms with Gasteiger partial charge in [0.1, 0.15) is 24.5 Å². The van der Waals surface area contributed by atoms with E-state index in [1.165, 1.54) is 55.9 Å². The lowest BCUT2D eigenvalue weighted by atomic mass is 9.95. The average molecular weight is 563 g/mol. The summed E-state index contributed by atoms with van der Waals surface area (Å²) in [6.07, 6.45) is 2.32. The molecule has 0 atom stereocenters. The molecule has 0 aliphatic carbocycles. The SMILES string of the molecule is C1=[N+](c2c(-c3ccccc3)cccc2-c2ccccc2)CCN1c1c(-c2ccccc2)cccc1-c1ccccc1.[Cl-]. The zero-order valence-electron chi connectivity index (χ0n) is 23.3. The first-order chi connectivity index (χ1) is 20.4. The van der Waals surface area contributed by atoms with E-state index in [1.54, 1.807) is 0 Å². The van der Waals surface area contributed by atoms with Crippen LogP contribution in [0.4, 0.5) is 11.4 Å². The molecule has 1 heterocycles. The molecule has 6 aromatic carbocycles. The van der Waals surface area contributed by atoms with Gasteiger partial charge in [0.2, 0.25) is 6.34 Å². The number of para-hydroxylation sites is 2. The molecule has 0 aromatic heterocycles. The maximum Gasteiger partial charge on any atom is 0.244 e. The maximum absolute atomic E-state index is 2.45. The minimum atomic E-state index is 0. The van der Waals surface area contributed by atoms with Crippen molar-refractivity contribution < 1.29 is 17.0 Å². The Labute approximate surface area is 254 Å². The van der Waals surface area contributed by atoms with Gasteiger partial charge in [-0.1, -0.05) is 158 Å². The predicted octanol–water partition coefficient (Wildman–Crippen LogP) is 6.55. The van der Waals surface area contributed by atoms with Crippen LogP contribution in [0, 0.1) is 0 Å². The highest BCUT2D eigenvalue weighted by atomic mass is 35.5. The number of nitrogens with zero attached hydrogens (tertiary/aromatic N) is 2. The molecule has 0 amide bonds. The lowest BCUT2D eigenvalue weighted by Gasteiger charge is -2.17. The molecule has 7 rings (SSSR count). The van der Waals surface area contributed by atoms with Crippen molar-refractivity contribution in [1.29, 1.82) is 0 Å². The van der Waals surface area contributed by atoms with Crippen LogP contribution < -0.4 is 17.3 Å². The summed E-state index contributed by atoms with van der Waals surface area (Å²) in [5.41, 5.74) is 12.3. The molecule has 0 radical (unpaired) electrons. The van der Waals surface area contributed by atoms with Crippen LogP contribution in [-0.2, 0) is 0 Å². The van der Waals surface area contributed by atoms with Gasteiger partial charge in [0.05, 0.1) is 0 Å². The number of hydrogen-bond acceptors (Lipinski definition) is 1. The third kappa shape index (κ3) is 5.25. The Bertz CT molecular complexity index is 1700. The predicted molar refractivity (Wildman–Crippen MR) is 173 cm³/mol. The monoisotopic (exact) mass is 562 g/mol. The topological polar surface area (TPSA) is 6.25 Å². The van der Waals surface area contributed by atoms with E-state index in [0.29, 0.717) is 0 Å². The van der Waals surface area contributed by atoms with Crippen LogP contribution in [0.1, 0.15) is 0 Å². The quantitative estimate of drug-likeness (QED) is 0.209. The second-order valence-corrected chi connectivity index (χ2v) is 10.4. The van der Waals surface area contributed by atoms with E-state index in [-0.39, 0.29) is 12.4 Å². The molecule has 0 fully saturated rings. The van der Waals surface area contributed by atoms with Gasteiger partial charge in [0.15, 0.2) is 0 Å². The summed E-state index contributed by atoms with van der Waals surface area (Å²) in [5, 5.41) is 0. The zero-order valence-corrected chi connectivity index (χ0v) is 24.0. The molecule has 0 N–H and O–H groups in total. The van der Waals surface area contributed by atoms with Gasteiger partial charge in [-0.25, -0.2) is 9.48 Å². The Morgan fingerprint density at radius 3 is 1.17 bits per heavy atom. The Hall–Kier alpha value is -4.92. The minimum absolute atomic E-state index is 0. The third-order valence-corrected chi connectivity index (χ3v) is 7.85. The molecular formula is C39H31ClN2. The highest BCUT2D eigenvalue weighted by molar-refractivity contribution is 5.98. The van der Waals surface area contributed by atoms with Crippen LogP contribution in [0.25, 0.3) is 44.5 Å². The van der Waals surface area contributed by atoms with Gasteiger partial charge in [-0.05, 0) is 22.3 Å². The largest absolute Gasteiger partial charge is 1.00 e. The highest BCUT2D eigenvalue weighted by Gasteiger charge is 2.30. The summed E-state index contributed by atoms with van der Waals surface area (Å²) in [6.45, 7) is 1.78. The molecular weight excluding hydrogens is 532 g/mol. The van der Waals surface area contributed by atoms with Crippen LogP contribution in [0.2, 0.25) is 0 Å². The van der Waals surface area contributed by atoms with Crippen molar-refractivity contribution in [3.05, 3.63) is 158 Å². The van der Waals surface area contributed by atoms with Crippen molar-refractivity contribution in [2.75, 3.05) is 18.0 Å². The van der Waals surface area contributed by atoms with Crippen molar-refractivity contribution in [2.24, 2.45) is 0 Å². The van der Waals surface area contributed by atoms with E-state index < -0.39 is 0 Å². The molecule has 0 saturated carbocycles. The normalized spacial score (nSPS) is 12.5. The first-order valence-electron chi connectivity index (χ1n) is 14.2. The van der Waals surface area contributed by atoms with E-state index in [9.17, 15) is 0 Å². The number of hydrogen-bond donors (Lipinski definition) is 0. The summed E-state index contributed by atoms with van der Waals surface area (Å²) >= 11 is 0. The van der Waals surface area contributed by atoms with Gasteiger partial charge in [-0.3, -0.25) is 0 Å². The van der Waals surface area contributed by atoms with Gasteiger partial charge >= 0.3 is 0 Å². The molecule has 1 aliphatic heterocycles. The molecule has 204 valence electrons. The van der Waals surface area contributed by atoms with Crippen LogP contribution in [0.15, 0.2) is 158 Å². The number of rotatable bonds is 6. The average Bonchev–Trinajstić information content (AvgIpc) is 3.55. The van der Waals surface area contributed by atoms with Gasteiger partial charge in [-0.15, -0.1) is 0 Å². The molecule has 3 heteroatoms. The van der Waals surface area contributed by atoms with E-state index in [4.69, 9.17) is 0 Å². The van der Waals surface area contributed by atoms with Gasteiger partial charge < -0.3 is 12.4 Å². The lowest BCUT2D eigenvalue weighted by molar-refractivity contribution is -0.422. The van der Waals surface area contributed by atoms with Crippen LogP contribution in [0.5, 0.6) is 0 Å². The first kappa shape index (κ1) is 27.3. The molecule has 2 nitrogen and oxygen atoms in total. The molecule has 6 aromatic rings. The number of anilines is 1. The van der Waals surface area contributed by atoms with Gasteiger partial charge in [-0.2, -0.15) is 0 Å². The highest BCUT2D eigenvalue weighted by Crippen LogP contribution is 2.42. The Balaban J connectivity index is 0.00000316. The Kier molecular flexibility index (Phi) is 7.98. The van der Waals surface area contributed by atoms with Crippen molar-refractivity contribution in [3.63, 3.8) is 0 Å². The zero-order chi connectivity index (χ0) is 27.4. The van der Waals surface area contributed by atoms with E-state index in [2.05, 4.69) is 174 Å². The van der Waals surface area contributed by atoms with E-state index >= 15 is 0 Å². The van der Waals surface area contributed by atoms with Crippen molar-refractivity contribution >= 4 is 17.7 Å². The van der Waals surface area contributed by atoms with Crippen molar-refractivity contribution in [1.82, 2.24) is 0 Å². The molecule has 0 spiro atoms. The second-order valence-electron chi connectivity index (χ2n) is 10.4. The Morgan fingerprint density at radius 2 is 0.762 bits per heavy atom. The molecule has 0 bridgehead atoms. The summed E-state index contributed by atoms with van der Waals surface area (Å²) in [4.78, 5) is 2.45. The fourth-order valence-electron chi connectivity index (χ4n) is 5.95. The van der Waals surface area contributed by atoms with E-state index in [0.717, 1.165) is 13.1 Å². The van der Waals surface area contributed by atoms with Crippen molar-refractivity contribution in [3.8, 4) is 44.5 Å². The summed E-state index contributed by atoms with van der Waals surface area (Å²) in [6, 6.07) is 56.3. The summed E-state index contributed by atoms with van der Waals surface area (Å²) < 4.78 is 2.45. The van der Waals surface area contributed by atoms with E-state index in [1.807, 2.05) is 0 Å². The van der Waals surface area contributed by atoms with Crippen LogP contribution in [-0.4, -0.2) is 24.0 Å². The molecule has 42 heavy (non-hydrogen) atoms. The second kappa shape index (κ2) is 12.3. The molecule has 0 saturated heterocycles. The summed E-state index contributed by atoms with van der Waals surface area (Å²) in [5.74, 6) is 0. The van der Waals surface area contributed by atoms with Gasteiger partial charge in [0.25, 0.3) is 0 Å². The molecule has 1 aliphatic rings. The minimum Gasteiger partial charge on any atom is -1.00 e. The fourth-order valence-corrected chi connectivity index (χ4v) is 5.95. The number of benzene rings is 6. The van der Waals surface area contributed by atoms with Crippen LogP contribution >= 0.6 is 0 Å². The van der Waals surface area contributed by atoms with Crippen LogP contribution in [0.3, 0.4) is 0 Å².